The van der Waals surface area contributed by atoms with E-state index in [2.05, 4.69) is 20.5 Å². The van der Waals surface area contributed by atoms with Crippen molar-refractivity contribution in [1.82, 2.24) is 9.97 Å². The van der Waals surface area contributed by atoms with Crippen LogP contribution in [-0.2, 0) is 0 Å². The van der Waals surface area contributed by atoms with E-state index in [9.17, 15) is 0 Å². The van der Waals surface area contributed by atoms with Crippen molar-refractivity contribution >= 4 is 12.0 Å². The molecule has 0 amide bonds. The Kier molecular flexibility index (Phi) is 3.64. The number of rotatable bonds is 4. The molecule has 0 aliphatic rings. The van der Waals surface area contributed by atoms with Crippen molar-refractivity contribution in [2.24, 2.45) is 5.10 Å². The monoisotopic (exact) mass is 228 g/mol. The van der Waals surface area contributed by atoms with Crippen LogP contribution in [0.15, 0.2) is 47.8 Å². The second kappa shape index (κ2) is 5.60. The maximum Gasteiger partial charge on any atom is 0.258 e. The molecule has 5 nitrogen and oxygen atoms in total. The minimum absolute atomic E-state index is 0.415. The van der Waals surface area contributed by atoms with Crippen molar-refractivity contribution in [2.75, 3.05) is 12.5 Å². The molecular formula is C12H12N4O. The van der Waals surface area contributed by atoms with Crippen LogP contribution < -0.4 is 10.2 Å². The molecule has 1 N–H and O–H groups in total. The first-order chi connectivity index (χ1) is 8.40. The molecule has 0 saturated carbocycles. The van der Waals surface area contributed by atoms with E-state index in [0.717, 1.165) is 5.56 Å². The highest BCUT2D eigenvalue weighted by atomic mass is 16.5. The number of anilines is 1. The maximum atomic E-state index is 5.04. The minimum atomic E-state index is 0.415. The van der Waals surface area contributed by atoms with Crippen LogP contribution in [-0.4, -0.2) is 23.3 Å². The summed E-state index contributed by atoms with van der Waals surface area (Å²) in [5.74, 6) is 0.903. The molecule has 2 aromatic rings. The van der Waals surface area contributed by atoms with Crippen LogP contribution in [0.25, 0.3) is 0 Å². The van der Waals surface area contributed by atoms with Crippen LogP contribution in [0.2, 0.25) is 0 Å². The van der Waals surface area contributed by atoms with Crippen molar-refractivity contribution in [1.29, 1.82) is 0 Å². The fourth-order valence-corrected chi connectivity index (χ4v) is 1.26. The topological polar surface area (TPSA) is 59.4 Å². The molecule has 0 saturated heterocycles. The zero-order valence-corrected chi connectivity index (χ0v) is 9.37. The summed E-state index contributed by atoms with van der Waals surface area (Å²) >= 11 is 0. The molecule has 0 radical (unpaired) electrons. The number of benzene rings is 1. The largest absolute Gasteiger partial charge is 0.478 e. The summed E-state index contributed by atoms with van der Waals surface area (Å²) in [6.45, 7) is 0. The van der Waals surface area contributed by atoms with Crippen LogP contribution in [0.3, 0.4) is 0 Å². The molecule has 1 heterocycles. The van der Waals surface area contributed by atoms with Gasteiger partial charge in [-0.15, -0.1) is 0 Å². The van der Waals surface area contributed by atoms with E-state index in [1.54, 1.807) is 18.6 Å². The summed E-state index contributed by atoms with van der Waals surface area (Å²) < 4.78 is 5.04. The number of hydrogen-bond donors (Lipinski definition) is 1. The van der Waals surface area contributed by atoms with Gasteiger partial charge in [0, 0.05) is 12.4 Å². The predicted octanol–water partition coefficient (Wildman–Crippen LogP) is 1.93. The standard InChI is InChI=1S/C12H12N4O/c1-17-12-11(13-7-8-14-12)16-15-9-10-5-3-2-4-6-10/h2-9H,1H3,(H,13,16). The van der Waals surface area contributed by atoms with Gasteiger partial charge >= 0.3 is 0 Å². The third kappa shape index (κ3) is 3.01. The van der Waals surface area contributed by atoms with Gasteiger partial charge in [0.25, 0.3) is 5.88 Å². The van der Waals surface area contributed by atoms with Gasteiger partial charge in [-0.3, -0.25) is 5.43 Å². The van der Waals surface area contributed by atoms with Crippen molar-refractivity contribution < 1.29 is 4.74 Å². The van der Waals surface area contributed by atoms with Gasteiger partial charge in [-0.1, -0.05) is 30.3 Å². The molecule has 0 aliphatic carbocycles. The number of aromatic nitrogens is 2. The van der Waals surface area contributed by atoms with Gasteiger partial charge in [0.05, 0.1) is 13.3 Å². The molecule has 0 atom stereocenters. The van der Waals surface area contributed by atoms with Crippen LogP contribution in [0.4, 0.5) is 5.82 Å². The molecule has 17 heavy (non-hydrogen) atoms. The fraction of sp³-hybridized carbons (Fsp3) is 0.0833. The lowest BCUT2D eigenvalue weighted by Crippen LogP contribution is -1.98. The molecule has 1 aromatic heterocycles. The molecule has 0 aliphatic heterocycles. The van der Waals surface area contributed by atoms with Crippen molar-refractivity contribution in [3.05, 3.63) is 48.3 Å². The summed E-state index contributed by atoms with van der Waals surface area (Å²) in [4.78, 5) is 8.07. The van der Waals surface area contributed by atoms with Crippen molar-refractivity contribution in [2.45, 2.75) is 0 Å². The number of hydrazone groups is 1. The van der Waals surface area contributed by atoms with E-state index in [1.165, 1.54) is 7.11 Å². The Bertz CT molecular complexity index is 499. The first kappa shape index (κ1) is 11.1. The Morgan fingerprint density at radius 2 is 1.94 bits per heavy atom. The molecule has 5 heteroatoms. The van der Waals surface area contributed by atoms with Gasteiger partial charge in [-0.2, -0.15) is 5.10 Å². The summed E-state index contributed by atoms with van der Waals surface area (Å²) in [6, 6.07) is 9.77. The Labute approximate surface area is 99.2 Å². The van der Waals surface area contributed by atoms with E-state index in [4.69, 9.17) is 4.74 Å². The third-order valence-corrected chi connectivity index (χ3v) is 2.04. The maximum absolute atomic E-state index is 5.04. The second-order valence-electron chi connectivity index (χ2n) is 3.19. The highest BCUT2D eigenvalue weighted by Crippen LogP contribution is 2.15. The normalized spacial score (nSPS) is 10.4. The molecule has 2 rings (SSSR count). The molecule has 0 bridgehead atoms. The van der Waals surface area contributed by atoms with E-state index in [0.29, 0.717) is 11.7 Å². The number of hydrogen-bond acceptors (Lipinski definition) is 5. The Hall–Kier alpha value is -2.43. The first-order valence-corrected chi connectivity index (χ1v) is 5.09. The van der Waals surface area contributed by atoms with E-state index in [1.807, 2.05) is 30.3 Å². The van der Waals surface area contributed by atoms with Gasteiger partial charge < -0.3 is 4.74 Å². The number of nitrogens with zero attached hydrogens (tertiary/aromatic N) is 3. The van der Waals surface area contributed by atoms with Crippen LogP contribution in [0.5, 0.6) is 5.88 Å². The summed E-state index contributed by atoms with van der Waals surface area (Å²) in [6.07, 6.45) is 4.84. The lowest BCUT2D eigenvalue weighted by molar-refractivity contribution is 0.398. The Morgan fingerprint density at radius 1 is 1.18 bits per heavy atom. The van der Waals surface area contributed by atoms with Crippen LogP contribution in [0.1, 0.15) is 5.56 Å². The fourth-order valence-electron chi connectivity index (χ4n) is 1.26. The van der Waals surface area contributed by atoms with E-state index >= 15 is 0 Å². The highest BCUT2D eigenvalue weighted by Gasteiger charge is 2.01. The quantitative estimate of drug-likeness (QED) is 0.641. The lowest BCUT2D eigenvalue weighted by atomic mass is 10.2. The van der Waals surface area contributed by atoms with Gasteiger partial charge in [-0.25, -0.2) is 9.97 Å². The smallest absolute Gasteiger partial charge is 0.258 e. The Morgan fingerprint density at radius 3 is 2.71 bits per heavy atom. The summed E-state index contributed by atoms with van der Waals surface area (Å²) in [5, 5.41) is 4.06. The third-order valence-electron chi connectivity index (χ3n) is 2.04. The number of nitrogens with one attached hydrogen (secondary N) is 1. The van der Waals surface area contributed by atoms with Crippen molar-refractivity contribution in [3.8, 4) is 5.88 Å². The molecule has 0 unspecified atom stereocenters. The molecule has 0 fully saturated rings. The summed E-state index contributed by atoms with van der Waals surface area (Å²) in [5.41, 5.74) is 3.79. The summed E-state index contributed by atoms with van der Waals surface area (Å²) in [7, 11) is 1.54. The predicted molar refractivity (Wildman–Crippen MR) is 66.2 cm³/mol. The molecular weight excluding hydrogens is 216 g/mol. The Balaban J connectivity index is 2.05. The van der Waals surface area contributed by atoms with Gasteiger partial charge in [0.2, 0.25) is 5.82 Å². The molecule has 0 spiro atoms. The number of ether oxygens (including phenoxy) is 1. The van der Waals surface area contributed by atoms with Crippen LogP contribution in [0, 0.1) is 0 Å². The minimum Gasteiger partial charge on any atom is -0.478 e. The van der Waals surface area contributed by atoms with E-state index < -0.39 is 0 Å². The molecule has 86 valence electrons. The zero-order valence-electron chi connectivity index (χ0n) is 9.37. The van der Waals surface area contributed by atoms with Gasteiger partial charge in [0.15, 0.2) is 0 Å². The lowest BCUT2D eigenvalue weighted by Gasteiger charge is -2.03. The van der Waals surface area contributed by atoms with Gasteiger partial charge in [0.1, 0.15) is 0 Å². The highest BCUT2D eigenvalue weighted by molar-refractivity contribution is 5.80. The average molecular weight is 228 g/mol. The number of methoxy groups -OCH3 is 1. The van der Waals surface area contributed by atoms with Crippen LogP contribution >= 0.6 is 0 Å². The average Bonchev–Trinajstić information content (AvgIpc) is 2.40. The zero-order chi connectivity index (χ0) is 11.9. The first-order valence-electron chi connectivity index (χ1n) is 5.09. The second-order valence-corrected chi connectivity index (χ2v) is 3.19. The van der Waals surface area contributed by atoms with Gasteiger partial charge in [-0.05, 0) is 5.56 Å². The SMILES string of the molecule is COc1nccnc1NN=Cc1ccccc1. The van der Waals surface area contributed by atoms with Crippen molar-refractivity contribution in [3.63, 3.8) is 0 Å². The van der Waals surface area contributed by atoms with E-state index in [-0.39, 0.29) is 0 Å². The molecule has 1 aromatic carbocycles.